The molecule has 0 spiro atoms. The van der Waals surface area contributed by atoms with Crippen LogP contribution in [0.5, 0.6) is 11.5 Å². The Kier molecular flexibility index (Phi) is 4.55. The van der Waals surface area contributed by atoms with Crippen molar-refractivity contribution in [1.29, 1.82) is 0 Å². The van der Waals surface area contributed by atoms with E-state index in [1.807, 2.05) is 19.1 Å². The number of hydrogen-bond donors (Lipinski definition) is 1. The van der Waals surface area contributed by atoms with E-state index in [-0.39, 0.29) is 0 Å². The van der Waals surface area contributed by atoms with E-state index in [0.29, 0.717) is 0 Å². The number of ether oxygens (including phenoxy) is 2. The maximum atomic E-state index is 10.2. The fourth-order valence-corrected chi connectivity index (χ4v) is 2.89. The molecule has 1 heterocycles. The third kappa shape index (κ3) is 3.44. The van der Waals surface area contributed by atoms with Crippen LogP contribution in [-0.2, 0) is 6.54 Å². The summed E-state index contributed by atoms with van der Waals surface area (Å²) in [6.07, 6.45) is 1.92. The van der Waals surface area contributed by atoms with E-state index in [1.165, 1.54) is 11.1 Å². The van der Waals surface area contributed by atoms with Gasteiger partial charge < -0.3 is 14.6 Å². The van der Waals surface area contributed by atoms with Crippen LogP contribution in [-0.4, -0.2) is 42.9 Å². The number of rotatable bonds is 4. The van der Waals surface area contributed by atoms with Gasteiger partial charge in [-0.05, 0) is 56.5 Å². The number of hydrogen-bond acceptors (Lipinski definition) is 4. The monoisotopic (exact) mass is 279 g/mol. The van der Waals surface area contributed by atoms with Crippen LogP contribution < -0.4 is 9.47 Å². The highest BCUT2D eigenvalue weighted by Gasteiger charge is 2.28. The lowest BCUT2D eigenvalue weighted by Gasteiger charge is -2.37. The molecule has 1 aliphatic heterocycles. The van der Waals surface area contributed by atoms with Gasteiger partial charge in [-0.25, -0.2) is 0 Å². The number of piperidine rings is 1. The predicted octanol–water partition coefficient (Wildman–Crippen LogP) is 2.36. The summed E-state index contributed by atoms with van der Waals surface area (Å²) in [6, 6.07) is 4.05. The first-order chi connectivity index (χ1) is 9.45. The summed E-state index contributed by atoms with van der Waals surface area (Å²) < 4.78 is 10.7. The topological polar surface area (TPSA) is 41.9 Å². The number of aliphatic hydroxyl groups is 1. The molecule has 1 atom stereocenters. The van der Waals surface area contributed by atoms with Crippen LogP contribution in [0.25, 0.3) is 0 Å². The van der Waals surface area contributed by atoms with Gasteiger partial charge in [0.25, 0.3) is 0 Å². The second-order valence-electron chi connectivity index (χ2n) is 5.94. The molecule has 1 saturated heterocycles. The van der Waals surface area contributed by atoms with Crippen molar-refractivity contribution in [3.63, 3.8) is 0 Å². The Morgan fingerprint density at radius 3 is 2.50 bits per heavy atom. The van der Waals surface area contributed by atoms with Gasteiger partial charge in [-0.1, -0.05) is 0 Å². The number of nitrogens with zero attached hydrogens (tertiary/aromatic N) is 1. The van der Waals surface area contributed by atoms with Crippen molar-refractivity contribution < 1.29 is 14.6 Å². The summed E-state index contributed by atoms with van der Waals surface area (Å²) >= 11 is 0. The highest BCUT2D eigenvalue weighted by atomic mass is 16.5. The van der Waals surface area contributed by atoms with Gasteiger partial charge in [0.15, 0.2) is 11.5 Å². The molecule has 1 aromatic carbocycles. The van der Waals surface area contributed by atoms with E-state index in [9.17, 15) is 5.11 Å². The molecule has 1 unspecified atom stereocenters. The molecule has 0 bridgehead atoms. The third-order valence-electron chi connectivity index (χ3n) is 3.99. The first-order valence-corrected chi connectivity index (χ1v) is 7.11. The van der Waals surface area contributed by atoms with Crippen molar-refractivity contribution in [1.82, 2.24) is 4.90 Å². The van der Waals surface area contributed by atoms with Crippen molar-refractivity contribution in [3.05, 3.63) is 23.3 Å². The van der Waals surface area contributed by atoms with E-state index >= 15 is 0 Å². The maximum Gasteiger partial charge on any atom is 0.161 e. The van der Waals surface area contributed by atoms with Gasteiger partial charge >= 0.3 is 0 Å². The van der Waals surface area contributed by atoms with E-state index in [2.05, 4.69) is 11.8 Å². The normalized spacial score (nSPS) is 23.6. The van der Waals surface area contributed by atoms with E-state index in [0.717, 1.165) is 44.0 Å². The van der Waals surface area contributed by atoms with E-state index in [1.54, 1.807) is 14.2 Å². The molecule has 0 radical (unpaired) electrons. The average Bonchev–Trinajstić information content (AvgIpc) is 2.39. The van der Waals surface area contributed by atoms with Gasteiger partial charge in [0.2, 0.25) is 0 Å². The third-order valence-corrected chi connectivity index (χ3v) is 3.99. The fourth-order valence-electron chi connectivity index (χ4n) is 2.89. The first kappa shape index (κ1) is 15.1. The van der Waals surface area contributed by atoms with Gasteiger partial charge in [0.05, 0.1) is 19.8 Å². The lowest BCUT2D eigenvalue weighted by atomic mass is 9.94. The average molecular weight is 279 g/mol. The molecule has 0 amide bonds. The standard InChI is InChI=1S/C16H25NO3/c1-12-8-14(19-3)15(20-4)9-13(12)10-17-7-5-6-16(2,18)11-17/h8-9,18H,5-7,10-11H2,1-4H3. The van der Waals surface area contributed by atoms with Crippen molar-refractivity contribution in [2.45, 2.75) is 38.8 Å². The van der Waals surface area contributed by atoms with Gasteiger partial charge in [0, 0.05) is 13.1 Å². The Balaban J connectivity index is 2.16. The van der Waals surface area contributed by atoms with Crippen LogP contribution in [0.2, 0.25) is 0 Å². The van der Waals surface area contributed by atoms with E-state index in [4.69, 9.17) is 9.47 Å². The highest BCUT2D eigenvalue weighted by molar-refractivity contribution is 5.47. The lowest BCUT2D eigenvalue weighted by Crippen LogP contribution is -2.45. The molecule has 0 saturated carbocycles. The van der Waals surface area contributed by atoms with Gasteiger partial charge in [-0.15, -0.1) is 0 Å². The van der Waals surface area contributed by atoms with Crippen LogP contribution >= 0.6 is 0 Å². The van der Waals surface area contributed by atoms with Crippen molar-refractivity contribution in [2.24, 2.45) is 0 Å². The molecule has 1 N–H and O–H groups in total. The number of likely N-dealkylation sites (tertiary alicyclic amines) is 1. The minimum atomic E-state index is -0.567. The predicted molar refractivity (Wildman–Crippen MR) is 79.4 cm³/mol. The molecule has 1 fully saturated rings. The molecular formula is C16H25NO3. The van der Waals surface area contributed by atoms with Gasteiger partial charge in [-0.3, -0.25) is 4.90 Å². The Labute approximate surface area is 121 Å². The van der Waals surface area contributed by atoms with Gasteiger partial charge in [-0.2, -0.15) is 0 Å². The Morgan fingerprint density at radius 2 is 1.90 bits per heavy atom. The number of methoxy groups -OCH3 is 2. The molecule has 112 valence electrons. The van der Waals surface area contributed by atoms with Crippen LogP contribution in [0.15, 0.2) is 12.1 Å². The largest absolute Gasteiger partial charge is 0.493 e. The van der Waals surface area contributed by atoms with E-state index < -0.39 is 5.60 Å². The number of aryl methyl sites for hydroxylation is 1. The zero-order valence-electron chi connectivity index (χ0n) is 12.9. The summed E-state index contributed by atoms with van der Waals surface area (Å²) in [6.45, 7) is 6.59. The SMILES string of the molecule is COc1cc(C)c(CN2CCCC(C)(O)C2)cc1OC. The Bertz CT molecular complexity index is 471. The summed E-state index contributed by atoms with van der Waals surface area (Å²) in [5, 5.41) is 10.2. The first-order valence-electron chi connectivity index (χ1n) is 7.11. The van der Waals surface area contributed by atoms with Crippen LogP contribution in [0, 0.1) is 6.92 Å². The Morgan fingerprint density at radius 1 is 1.25 bits per heavy atom. The molecule has 20 heavy (non-hydrogen) atoms. The van der Waals surface area contributed by atoms with Crippen molar-refractivity contribution in [3.8, 4) is 11.5 Å². The zero-order valence-corrected chi connectivity index (χ0v) is 12.9. The van der Waals surface area contributed by atoms with Crippen LogP contribution in [0.3, 0.4) is 0 Å². The minimum absolute atomic E-state index is 0.567. The molecule has 1 aliphatic rings. The summed E-state index contributed by atoms with van der Waals surface area (Å²) in [5.41, 5.74) is 1.84. The maximum absolute atomic E-state index is 10.2. The molecular weight excluding hydrogens is 254 g/mol. The van der Waals surface area contributed by atoms with Crippen LogP contribution in [0.1, 0.15) is 30.9 Å². The second-order valence-corrected chi connectivity index (χ2v) is 5.94. The molecule has 0 aliphatic carbocycles. The molecule has 0 aromatic heterocycles. The molecule has 4 heteroatoms. The second kappa shape index (κ2) is 6.02. The van der Waals surface area contributed by atoms with Crippen molar-refractivity contribution in [2.75, 3.05) is 27.3 Å². The van der Waals surface area contributed by atoms with Gasteiger partial charge in [0.1, 0.15) is 0 Å². The summed E-state index contributed by atoms with van der Waals surface area (Å²) in [7, 11) is 3.31. The number of β-amino-alcohol motifs (C(OH)–C–C–N with tert-alkyl or cyclic N) is 1. The Hall–Kier alpha value is -1.26. The fraction of sp³-hybridized carbons (Fsp3) is 0.625. The minimum Gasteiger partial charge on any atom is -0.493 e. The quantitative estimate of drug-likeness (QED) is 0.918. The number of benzene rings is 1. The van der Waals surface area contributed by atoms with Crippen LogP contribution in [0.4, 0.5) is 0 Å². The smallest absolute Gasteiger partial charge is 0.161 e. The lowest BCUT2D eigenvalue weighted by molar-refractivity contribution is -0.0182. The summed E-state index contributed by atoms with van der Waals surface area (Å²) in [4.78, 5) is 2.30. The highest BCUT2D eigenvalue weighted by Crippen LogP contribution is 2.31. The zero-order chi connectivity index (χ0) is 14.8. The summed E-state index contributed by atoms with van der Waals surface area (Å²) in [5.74, 6) is 1.52. The molecule has 2 rings (SSSR count). The van der Waals surface area contributed by atoms with Crippen molar-refractivity contribution >= 4 is 0 Å². The molecule has 1 aromatic rings. The molecule has 4 nitrogen and oxygen atoms in total.